The molecule has 0 aromatic heterocycles. The highest BCUT2D eigenvalue weighted by atomic mass is 35.5. The number of rotatable bonds is 1. The third-order valence-corrected chi connectivity index (χ3v) is 3.10. The SMILES string of the molecule is CN1N[C@](C)(c2ccc(Cl)cc2)NC1=S. The monoisotopic (exact) mass is 241 g/mol. The average molecular weight is 242 g/mol. The minimum atomic E-state index is -0.351. The Morgan fingerprint density at radius 2 is 1.93 bits per heavy atom. The van der Waals surface area contributed by atoms with Crippen molar-refractivity contribution in [1.29, 1.82) is 0 Å². The van der Waals surface area contributed by atoms with E-state index in [0.29, 0.717) is 5.11 Å². The van der Waals surface area contributed by atoms with E-state index in [1.807, 2.05) is 38.2 Å². The van der Waals surface area contributed by atoms with Crippen LogP contribution in [0, 0.1) is 0 Å². The second-order valence-electron chi connectivity index (χ2n) is 3.73. The van der Waals surface area contributed by atoms with E-state index in [-0.39, 0.29) is 5.66 Å². The van der Waals surface area contributed by atoms with Crippen molar-refractivity contribution in [3.8, 4) is 0 Å². The summed E-state index contributed by atoms with van der Waals surface area (Å²) in [6.45, 7) is 2.03. The molecule has 15 heavy (non-hydrogen) atoms. The van der Waals surface area contributed by atoms with Gasteiger partial charge >= 0.3 is 0 Å². The van der Waals surface area contributed by atoms with Crippen LogP contribution in [-0.4, -0.2) is 17.2 Å². The van der Waals surface area contributed by atoms with Crippen molar-refractivity contribution < 1.29 is 0 Å². The Balaban J connectivity index is 2.31. The van der Waals surface area contributed by atoms with Crippen LogP contribution in [0.4, 0.5) is 0 Å². The van der Waals surface area contributed by atoms with Crippen molar-refractivity contribution >= 4 is 28.9 Å². The number of benzene rings is 1. The maximum Gasteiger partial charge on any atom is 0.185 e. The minimum Gasteiger partial charge on any atom is -0.338 e. The van der Waals surface area contributed by atoms with Gasteiger partial charge in [0.05, 0.1) is 0 Å². The first-order chi connectivity index (χ1) is 7.01. The van der Waals surface area contributed by atoms with Gasteiger partial charge in [0.1, 0.15) is 5.66 Å². The Bertz CT molecular complexity index is 392. The maximum absolute atomic E-state index is 5.84. The van der Waals surface area contributed by atoms with Crippen molar-refractivity contribution in [3.05, 3.63) is 34.9 Å². The zero-order valence-electron chi connectivity index (χ0n) is 8.54. The standard InChI is InChI=1S/C10H12ClN3S/c1-10(12-9(15)14(2)13-10)7-3-5-8(11)6-4-7/h3-6,13H,1-2H3,(H,12,15)/t10-/m1/s1. The molecule has 0 saturated carbocycles. The Morgan fingerprint density at radius 1 is 1.33 bits per heavy atom. The summed E-state index contributed by atoms with van der Waals surface area (Å²) in [5.41, 5.74) is 4.00. The summed E-state index contributed by atoms with van der Waals surface area (Å²) < 4.78 is 0. The average Bonchev–Trinajstić information content (AvgIpc) is 2.43. The van der Waals surface area contributed by atoms with E-state index in [2.05, 4.69) is 10.7 Å². The van der Waals surface area contributed by atoms with Gasteiger partial charge in [0.25, 0.3) is 0 Å². The summed E-state index contributed by atoms with van der Waals surface area (Å²) in [6, 6.07) is 7.69. The van der Waals surface area contributed by atoms with Gasteiger partial charge in [-0.3, -0.25) is 5.01 Å². The Labute approximate surface area is 99.4 Å². The van der Waals surface area contributed by atoms with Gasteiger partial charge in [0.2, 0.25) is 0 Å². The Hall–Kier alpha value is -0.840. The van der Waals surface area contributed by atoms with Crippen LogP contribution in [-0.2, 0) is 5.66 Å². The molecule has 3 nitrogen and oxygen atoms in total. The third kappa shape index (κ3) is 1.93. The van der Waals surface area contributed by atoms with Gasteiger partial charge in [-0.05, 0) is 36.8 Å². The van der Waals surface area contributed by atoms with E-state index < -0.39 is 0 Å². The van der Waals surface area contributed by atoms with Crippen molar-refractivity contribution in [2.75, 3.05) is 7.05 Å². The lowest BCUT2D eigenvalue weighted by Gasteiger charge is -2.25. The molecule has 1 aliphatic rings. The lowest BCUT2D eigenvalue weighted by Crippen LogP contribution is -2.44. The molecule has 2 rings (SSSR count). The van der Waals surface area contributed by atoms with Crippen LogP contribution < -0.4 is 10.7 Å². The van der Waals surface area contributed by atoms with Crippen LogP contribution in [0.15, 0.2) is 24.3 Å². The number of halogens is 1. The molecule has 0 spiro atoms. The van der Waals surface area contributed by atoms with Crippen LogP contribution in [0.2, 0.25) is 5.02 Å². The summed E-state index contributed by atoms with van der Waals surface area (Å²) in [6.07, 6.45) is 0. The fourth-order valence-corrected chi connectivity index (χ4v) is 2.01. The van der Waals surface area contributed by atoms with E-state index in [0.717, 1.165) is 10.6 Å². The largest absolute Gasteiger partial charge is 0.338 e. The Morgan fingerprint density at radius 3 is 2.40 bits per heavy atom. The molecule has 0 bridgehead atoms. The molecule has 5 heteroatoms. The first kappa shape index (κ1) is 10.7. The molecular weight excluding hydrogens is 230 g/mol. The van der Waals surface area contributed by atoms with Gasteiger partial charge in [-0.2, -0.15) is 0 Å². The smallest absolute Gasteiger partial charge is 0.185 e. The summed E-state index contributed by atoms with van der Waals surface area (Å²) >= 11 is 11.0. The highest BCUT2D eigenvalue weighted by molar-refractivity contribution is 7.80. The maximum atomic E-state index is 5.84. The molecule has 1 heterocycles. The molecule has 1 aromatic carbocycles. The molecule has 0 unspecified atom stereocenters. The summed E-state index contributed by atoms with van der Waals surface area (Å²) in [4.78, 5) is 0. The predicted molar refractivity (Wildman–Crippen MR) is 65.4 cm³/mol. The molecule has 1 atom stereocenters. The number of nitrogens with zero attached hydrogens (tertiary/aromatic N) is 1. The molecular formula is C10H12ClN3S. The van der Waals surface area contributed by atoms with Crippen molar-refractivity contribution in [1.82, 2.24) is 15.8 Å². The highest BCUT2D eigenvalue weighted by Gasteiger charge is 2.35. The lowest BCUT2D eigenvalue weighted by atomic mass is 10.0. The zero-order valence-corrected chi connectivity index (χ0v) is 10.1. The topological polar surface area (TPSA) is 27.3 Å². The fourth-order valence-electron chi connectivity index (χ4n) is 1.63. The summed E-state index contributed by atoms with van der Waals surface area (Å²) in [5, 5.41) is 6.43. The van der Waals surface area contributed by atoms with E-state index in [1.54, 1.807) is 5.01 Å². The highest BCUT2D eigenvalue weighted by Crippen LogP contribution is 2.23. The Kier molecular flexibility index (Phi) is 2.58. The number of hydrogen-bond donors (Lipinski definition) is 2. The van der Waals surface area contributed by atoms with E-state index in [4.69, 9.17) is 23.8 Å². The van der Waals surface area contributed by atoms with E-state index >= 15 is 0 Å². The quantitative estimate of drug-likeness (QED) is 0.734. The van der Waals surface area contributed by atoms with Crippen molar-refractivity contribution in [3.63, 3.8) is 0 Å². The second-order valence-corrected chi connectivity index (χ2v) is 4.56. The van der Waals surface area contributed by atoms with Crippen molar-refractivity contribution in [2.45, 2.75) is 12.6 Å². The molecule has 1 aromatic rings. The third-order valence-electron chi connectivity index (χ3n) is 2.47. The van der Waals surface area contributed by atoms with Gasteiger partial charge in [-0.15, -0.1) is 0 Å². The molecule has 0 aliphatic carbocycles. The molecule has 1 saturated heterocycles. The van der Waals surface area contributed by atoms with Crippen LogP contribution >= 0.6 is 23.8 Å². The summed E-state index contributed by atoms with van der Waals surface area (Å²) in [7, 11) is 1.89. The van der Waals surface area contributed by atoms with E-state index in [9.17, 15) is 0 Å². The zero-order chi connectivity index (χ0) is 11.1. The molecule has 0 radical (unpaired) electrons. The number of nitrogens with one attached hydrogen (secondary N) is 2. The number of hydrazine groups is 1. The number of thiocarbonyl (C=S) groups is 1. The lowest BCUT2D eigenvalue weighted by molar-refractivity contribution is 0.266. The molecule has 1 fully saturated rings. The van der Waals surface area contributed by atoms with Crippen LogP contribution in [0.5, 0.6) is 0 Å². The van der Waals surface area contributed by atoms with Gasteiger partial charge in [0, 0.05) is 12.1 Å². The van der Waals surface area contributed by atoms with Gasteiger partial charge < -0.3 is 5.32 Å². The normalized spacial score (nSPS) is 25.5. The number of hydrogen-bond acceptors (Lipinski definition) is 2. The first-order valence-electron chi connectivity index (χ1n) is 4.61. The molecule has 1 aliphatic heterocycles. The minimum absolute atomic E-state index is 0.351. The van der Waals surface area contributed by atoms with Crippen molar-refractivity contribution in [2.24, 2.45) is 0 Å². The van der Waals surface area contributed by atoms with Gasteiger partial charge in [0.15, 0.2) is 5.11 Å². The molecule has 80 valence electrons. The second kappa shape index (κ2) is 3.63. The fraction of sp³-hybridized carbons (Fsp3) is 0.300. The predicted octanol–water partition coefficient (Wildman–Crippen LogP) is 1.84. The summed E-state index contributed by atoms with van der Waals surface area (Å²) in [5.74, 6) is 0. The van der Waals surface area contributed by atoms with Gasteiger partial charge in [-0.25, -0.2) is 5.43 Å². The molecule has 2 N–H and O–H groups in total. The van der Waals surface area contributed by atoms with E-state index in [1.165, 1.54) is 0 Å². The first-order valence-corrected chi connectivity index (χ1v) is 5.40. The van der Waals surface area contributed by atoms with Crippen LogP contribution in [0.1, 0.15) is 12.5 Å². The van der Waals surface area contributed by atoms with Crippen LogP contribution in [0.25, 0.3) is 0 Å². The van der Waals surface area contributed by atoms with Crippen LogP contribution in [0.3, 0.4) is 0 Å². The van der Waals surface area contributed by atoms with Gasteiger partial charge in [-0.1, -0.05) is 23.7 Å². The molecule has 0 amide bonds.